The predicted molar refractivity (Wildman–Crippen MR) is 73.2 cm³/mol. The Bertz CT molecular complexity index is 239. The summed E-state index contributed by atoms with van der Waals surface area (Å²) < 4.78 is 1.14. The second-order valence-electron chi connectivity index (χ2n) is 3.60. The molecule has 0 amide bonds. The van der Waals surface area contributed by atoms with Crippen LogP contribution in [0, 0.1) is 11.8 Å². The van der Waals surface area contributed by atoms with E-state index in [2.05, 4.69) is 56.0 Å². The van der Waals surface area contributed by atoms with Crippen molar-refractivity contribution in [2.24, 2.45) is 17.6 Å². The highest BCUT2D eigenvalue weighted by molar-refractivity contribution is 14.1. The first-order chi connectivity index (χ1) is 6.56. The summed E-state index contributed by atoms with van der Waals surface area (Å²) in [6.45, 7) is 10.4. The molecule has 0 spiro atoms. The zero-order chi connectivity index (χ0) is 11.1. The molecule has 0 fully saturated rings. The van der Waals surface area contributed by atoms with Crippen LogP contribution in [0.25, 0.3) is 0 Å². The average molecular weight is 305 g/mol. The van der Waals surface area contributed by atoms with Gasteiger partial charge in [0, 0.05) is 9.78 Å². The van der Waals surface area contributed by atoms with E-state index in [-0.39, 0.29) is 0 Å². The van der Waals surface area contributed by atoms with Crippen LogP contribution in [0.3, 0.4) is 0 Å². The molecule has 0 saturated carbocycles. The van der Waals surface area contributed by atoms with Gasteiger partial charge in [-0.1, -0.05) is 32.9 Å². The van der Waals surface area contributed by atoms with Gasteiger partial charge in [0.15, 0.2) is 0 Å². The van der Waals surface area contributed by atoms with Crippen molar-refractivity contribution < 1.29 is 0 Å². The molecule has 0 aliphatic rings. The molecule has 0 radical (unpaired) electrons. The minimum Gasteiger partial charge on any atom is -0.404 e. The van der Waals surface area contributed by atoms with Gasteiger partial charge in [0.2, 0.25) is 0 Å². The Labute approximate surface area is 101 Å². The molecule has 0 aromatic heterocycles. The molecule has 80 valence electrons. The van der Waals surface area contributed by atoms with Crippen LogP contribution in [0.5, 0.6) is 0 Å². The zero-order valence-corrected chi connectivity index (χ0v) is 11.4. The van der Waals surface area contributed by atoms with E-state index in [9.17, 15) is 0 Å². The molecular formula is C12H20IN. The number of halogens is 1. The second-order valence-corrected chi connectivity index (χ2v) is 4.76. The maximum absolute atomic E-state index is 5.53. The first-order valence-corrected chi connectivity index (χ1v) is 6.06. The van der Waals surface area contributed by atoms with Gasteiger partial charge in [-0.25, -0.2) is 0 Å². The van der Waals surface area contributed by atoms with Crippen molar-refractivity contribution in [3.8, 4) is 0 Å². The van der Waals surface area contributed by atoms with E-state index in [0.717, 1.165) is 10.0 Å². The van der Waals surface area contributed by atoms with Gasteiger partial charge in [-0.2, -0.15) is 0 Å². The molecule has 1 unspecified atom stereocenters. The predicted octanol–water partition coefficient (Wildman–Crippen LogP) is 4.02. The fraction of sp³-hybridized carbons (Fsp3) is 0.500. The molecule has 1 atom stereocenters. The first kappa shape index (κ1) is 13.8. The smallest absolute Gasteiger partial charge is 0.0316 e. The molecule has 0 aromatic carbocycles. The van der Waals surface area contributed by atoms with Crippen LogP contribution in [0.4, 0.5) is 0 Å². The van der Waals surface area contributed by atoms with Crippen LogP contribution in [-0.2, 0) is 0 Å². The molecule has 1 nitrogen and oxygen atoms in total. The molecule has 0 saturated heterocycles. The number of nitrogens with two attached hydrogens (primary N) is 1. The lowest BCUT2D eigenvalue weighted by Gasteiger charge is -2.13. The molecular weight excluding hydrogens is 285 g/mol. The minimum absolute atomic E-state index is 0.456. The van der Waals surface area contributed by atoms with Crippen molar-refractivity contribution in [3.63, 3.8) is 0 Å². The van der Waals surface area contributed by atoms with Crippen LogP contribution in [0.1, 0.15) is 27.2 Å². The molecule has 2 N–H and O–H groups in total. The molecule has 2 heteroatoms. The Balaban J connectivity index is 4.89. The summed E-state index contributed by atoms with van der Waals surface area (Å²) >= 11 is 2.28. The highest BCUT2D eigenvalue weighted by atomic mass is 127. The van der Waals surface area contributed by atoms with Gasteiger partial charge >= 0.3 is 0 Å². The summed E-state index contributed by atoms with van der Waals surface area (Å²) in [6, 6.07) is 0. The molecule has 0 aliphatic carbocycles. The third-order valence-electron chi connectivity index (χ3n) is 2.21. The van der Waals surface area contributed by atoms with Crippen molar-refractivity contribution in [2.45, 2.75) is 27.2 Å². The molecule has 0 rings (SSSR count). The van der Waals surface area contributed by atoms with Gasteiger partial charge in [0.25, 0.3) is 0 Å². The van der Waals surface area contributed by atoms with Gasteiger partial charge in [0.05, 0.1) is 0 Å². The van der Waals surface area contributed by atoms with Crippen molar-refractivity contribution in [2.75, 3.05) is 0 Å². The Morgan fingerprint density at radius 2 is 2.07 bits per heavy atom. The average Bonchev–Trinajstić information content (AvgIpc) is 2.18. The molecule has 14 heavy (non-hydrogen) atoms. The summed E-state index contributed by atoms with van der Waals surface area (Å²) in [6.07, 6.45) is 7.02. The van der Waals surface area contributed by atoms with Crippen LogP contribution in [0.15, 0.2) is 34.1 Å². The quantitative estimate of drug-likeness (QED) is 0.463. The van der Waals surface area contributed by atoms with E-state index in [1.807, 2.05) is 6.08 Å². The minimum atomic E-state index is 0.456. The first-order valence-electron chi connectivity index (χ1n) is 4.98. The largest absolute Gasteiger partial charge is 0.404 e. The fourth-order valence-electron chi connectivity index (χ4n) is 1.23. The van der Waals surface area contributed by atoms with Gasteiger partial charge in [-0.15, -0.1) is 6.58 Å². The maximum Gasteiger partial charge on any atom is 0.0316 e. The van der Waals surface area contributed by atoms with Gasteiger partial charge in [0.1, 0.15) is 0 Å². The van der Waals surface area contributed by atoms with Crippen molar-refractivity contribution in [3.05, 3.63) is 34.1 Å². The molecule has 0 bridgehead atoms. The SMILES string of the molecule is C=CC(/C=C(\C(I)=C/N)C(C)C)CC. The number of hydrogen-bond acceptors (Lipinski definition) is 1. The summed E-state index contributed by atoms with van der Waals surface area (Å²) in [5.41, 5.74) is 6.85. The fourth-order valence-corrected chi connectivity index (χ4v) is 2.03. The second kappa shape index (κ2) is 7.10. The highest BCUT2D eigenvalue weighted by Gasteiger charge is 2.08. The number of hydrogen-bond donors (Lipinski definition) is 1. The normalized spacial score (nSPS) is 15.8. The van der Waals surface area contributed by atoms with Crippen molar-refractivity contribution in [1.82, 2.24) is 0 Å². The standard InChI is InChI=1S/C12H20IN/c1-5-10(6-2)7-11(9(3)4)12(13)8-14/h5,7-10H,1,6,14H2,2-4H3/b11-7-,12-8+. The monoisotopic (exact) mass is 305 g/mol. The summed E-state index contributed by atoms with van der Waals surface area (Å²) in [5.74, 6) is 0.966. The van der Waals surface area contributed by atoms with E-state index < -0.39 is 0 Å². The maximum atomic E-state index is 5.53. The Kier molecular flexibility index (Phi) is 6.97. The molecule has 0 aromatic rings. The zero-order valence-electron chi connectivity index (χ0n) is 9.26. The number of allylic oxidation sites excluding steroid dienone is 4. The topological polar surface area (TPSA) is 26.0 Å². The van der Waals surface area contributed by atoms with E-state index in [0.29, 0.717) is 11.8 Å². The van der Waals surface area contributed by atoms with E-state index >= 15 is 0 Å². The summed E-state index contributed by atoms with van der Waals surface area (Å²) in [7, 11) is 0. The summed E-state index contributed by atoms with van der Waals surface area (Å²) in [5, 5.41) is 0. The van der Waals surface area contributed by atoms with Gasteiger partial charge < -0.3 is 5.73 Å². The summed E-state index contributed by atoms with van der Waals surface area (Å²) in [4.78, 5) is 0. The van der Waals surface area contributed by atoms with Gasteiger partial charge in [-0.05, 0) is 46.4 Å². The third-order valence-corrected chi connectivity index (χ3v) is 3.19. The van der Waals surface area contributed by atoms with Crippen LogP contribution >= 0.6 is 22.6 Å². The van der Waals surface area contributed by atoms with Crippen molar-refractivity contribution >= 4 is 22.6 Å². The van der Waals surface area contributed by atoms with E-state index in [4.69, 9.17) is 5.73 Å². The lowest BCUT2D eigenvalue weighted by molar-refractivity contribution is 0.729. The van der Waals surface area contributed by atoms with Crippen LogP contribution in [0.2, 0.25) is 0 Å². The van der Waals surface area contributed by atoms with Crippen molar-refractivity contribution in [1.29, 1.82) is 0 Å². The lowest BCUT2D eigenvalue weighted by atomic mass is 9.96. The Morgan fingerprint density at radius 3 is 2.36 bits per heavy atom. The van der Waals surface area contributed by atoms with Gasteiger partial charge in [-0.3, -0.25) is 0 Å². The Hall–Kier alpha value is -0.250. The van der Waals surface area contributed by atoms with Crippen LogP contribution in [-0.4, -0.2) is 0 Å². The number of rotatable bonds is 5. The third kappa shape index (κ3) is 4.31. The Morgan fingerprint density at radius 1 is 1.50 bits per heavy atom. The van der Waals surface area contributed by atoms with E-state index in [1.54, 1.807) is 6.20 Å². The highest BCUT2D eigenvalue weighted by Crippen LogP contribution is 2.26. The molecule has 0 aliphatic heterocycles. The van der Waals surface area contributed by atoms with Crippen LogP contribution < -0.4 is 5.73 Å². The lowest BCUT2D eigenvalue weighted by Crippen LogP contribution is -2.00. The van der Waals surface area contributed by atoms with E-state index in [1.165, 1.54) is 5.57 Å². The molecule has 0 heterocycles.